The summed E-state index contributed by atoms with van der Waals surface area (Å²) in [4.78, 5) is 2.09. The molecule has 0 atom stereocenters. The van der Waals surface area contributed by atoms with Crippen LogP contribution in [0.25, 0.3) is 0 Å². The zero-order valence-corrected chi connectivity index (χ0v) is 11.6. The van der Waals surface area contributed by atoms with Crippen molar-refractivity contribution in [2.45, 2.75) is 13.5 Å². The number of hydrogen-bond donors (Lipinski definition) is 1. The molecule has 0 spiro atoms. The second kappa shape index (κ2) is 5.76. The van der Waals surface area contributed by atoms with Crippen LogP contribution in [0.1, 0.15) is 11.1 Å². The number of aliphatic hydroxyl groups is 1. The number of aryl methyl sites for hydroxylation is 1. The van der Waals surface area contributed by atoms with Gasteiger partial charge in [0.2, 0.25) is 0 Å². The molecule has 100 valence electrons. The van der Waals surface area contributed by atoms with E-state index in [2.05, 4.69) is 4.90 Å². The van der Waals surface area contributed by atoms with Crippen LogP contribution in [-0.2, 0) is 6.61 Å². The SMILES string of the molecule is COc1ccccc1N(C)c1ccc(CO)cc1C. The van der Waals surface area contributed by atoms with E-state index in [-0.39, 0.29) is 6.61 Å². The van der Waals surface area contributed by atoms with Gasteiger partial charge in [0.25, 0.3) is 0 Å². The zero-order valence-electron chi connectivity index (χ0n) is 11.6. The number of hydrogen-bond acceptors (Lipinski definition) is 3. The summed E-state index contributed by atoms with van der Waals surface area (Å²) in [6.45, 7) is 2.11. The zero-order chi connectivity index (χ0) is 13.8. The Morgan fingerprint density at radius 2 is 1.84 bits per heavy atom. The minimum absolute atomic E-state index is 0.0689. The van der Waals surface area contributed by atoms with Crippen molar-refractivity contribution < 1.29 is 9.84 Å². The molecule has 2 rings (SSSR count). The number of rotatable bonds is 4. The van der Waals surface area contributed by atoms with Crippen LogP contribution in [0.5, 0.6) is 5.75 Å². The second-order valence-electron chi connectivity index (χ2n) is 4.51. The van der Waals surface area contributed by atoms with E-state index >= 15 is 0 Å². The number of benzene rings is 2. The molecule has 3 heteroatoms. The maximum atomic E-state index is 9.16. The van der Waals surface area contributed by atoms with E-state index in [1.54, 1.807) is 7.11 Å². The molecule has 0 aliphatic rings. The summed E-state index contributed by atoms with van der Waals surface area (Å²) < 4.78 is 5.39. The summed E-state index contributed by atoms with van der Waals surface area (Å²) in [7, 11) is 3.69. The largest absolute Gasteiger partial charge is 0.495 e. The van der Waals surface area contributed by atoms with Crippen molar-refractivity contribution >= 4 is 11.4 Å². The Morgan fingerprint density at radius 3 is 2.47 bits per heavy atom. The average Bonchev–Trinajstić information content (AvgIpc) is 2.46. The van der Waals surface area contributed by atoms with E-state index < -0.39 is 0 Å². The molecule has 0 unspecified atom stereocenters. The lowest BCUT2D eigenvalue weighted by molar-refractivity contribution is 0.282. The first-order valence-corrected chi connectivity index (χ1v) is 6.24. The molecular weight excluding hydrogens is 238 g/mol. The van der Waals surface area contributed by atoms with Gasteiger partial charge in [0.15, 0.2) is 0 Å². The summed E-state index contributed by atoms with van der Waals surface area (Å²) in [6.07, 6.45) is 0. The fraction of sp³-hybridized carbons (Fsp3) is 0.250. The molecule has 1 N–H and O–H groups in total. The maximum Gasteiger partial charge on any atom is 0.142 e. The Kier molecular flexibility index (Phi) is 4.07. The molecule has 0 saturated carbocycles. The second-order valence-corrected chi connectivity index (χ2v) is 4.51. The Bertz CT molecular complexity index is 566. The number of ether oxygens (including phenoxy) is 1. The first-order chi connectivity index (χ1) is 9.17. The van der Waals surface area contributed by atoms with E-state index in [1.165, 1.54) is 0 Å². The van der Waals surface area contributed by atoms with Gasteiger partial charge in [-0.15, -0.1) is 0 Å². The monoisotopic (exact) mass is 257 g/mol. The van der Waals surface area contributed by atoms with Gasteiger partial charge < -0.3 is 14.7 Å². The minimum Gasteiger partial charge on any atom is -0.495 e. The number of anilines is 2. The summed E-state index contributed by atoms with van der Waals surface area (Å²) in [5.74, 6) is 0.843. The highest BCUT2D eigenvalue weighted by atomic mass is 16.5. The van der Waals surface area contributed by atoms with Crippen LogP contribution < -0.4 is 9.64 Å². The average molecular weight is 257 g/mol. The summed E-state index contributed by atoms with van der Waals surface area (Å²) in [6, 6.07) is 13.9. The molecule has 2 aromatic rings. The highest BCUT2D eigenvalue weighted by Gasteiger charge is 2.11. The van der Waals surface area contributed by atoms with Crippen LogP contribution in [0.4, 0.5) is 11.4 Å². The summed E-state index contributed by atoms with van der Waals surface area (Å²) >= 11 is 0. The van der Waals surface area contributed by atoms with Crippen LogP contribution in [0.2, 0.25) is 0 Å². The molecule has 0 aromatic heterocycles. The van der Waals surface area contributed by atoms with Gasteiger partial charge in [-0.3, -0.25) is 0 Å². The topological polar surface area (TPSA) is 32.7 Å². The van der Waals surface area contributed by atoms with E-state index in [4.69, 9.17) is 9.84 Å². The number of aliphatic hydroxyl groups excluding tert-OH is 1. The number of methoxy groups -OCH3 is 1. The molecule has 0 aliphatic heterocycles. The molecule has 0 aliphatic carbocycles. The van der Waals surface area contributed by atoms with Crippen LogP contribution in [0, 0.1) is 6.92 Å². The fourth-order valence-corrected chi connectivity index (χ4v) is 2.23. The molecule has 0 amide bonds. The van der Waals surface area contributed by atoms with E-state index in [1.807, 2.05) is 56.4 Å². The fourth-order valence-electron chi connectivity index (χ4n) is 2.23. The van der Waals surface area contributed by atoms with Crippen LogP contribution >= 0.6 is 0 Å². The lowest BCUT2D eigenvalue weighted by atomic mass is 10.1. The molecule has 0 heterocycles. The minimum atomic E-state index is 0.0689. The lowest BCUT2D eigenvalue weighted by Gasteiger charge is -2.23. The molecule has 3 nitrogen and oxygen atoms in total. The molecule has 0 fully saturated rings. The Labute approximate surface area is 114 Å². The van der Waals surface area contributed by atoms with Crippen molar-refractivity contribution in [1.29, 1.82) is 0 Å². The highest BCUT2D eigenvalue weighted by Crippen LogP contribution is 2.33. The smallest absolute Gasteiger partial charge is 0.142 e. The third-order valence-corrected chi connectivity index (χ3v) is 3.25. The van der Waals surface area contributed by atoms with E-state index in [9.17, 15) is 0 Å². The van der Waals surface area contributed by atoms with Gasteiger partial charge in [0, 0.05) is 12.7 Å². The Morgan fingerprint density at radius 1 is 1.11 bits per heavy atom. The van der Waals surface area contributed by atoms with Crippen LogP contribution in [-0.4, -0.2) is 19.3 Å². The highest BCUT2D eigenvalue weighted by molar-refractivity contribution is 5.70. The standard InChI is InChI=1S/C16H19NO2/c1-12-10-13(11-18)8-9-14(12)17(2)15-6-4-5-7-16(15)19-3/h4-10,18H,11H2,1-3H3. The summed E-state index contributed by atoms with van der Waals surface area (Å²) in [5, 5.41) is 9.16. The molecule has 0 saturated heterocycles. The van der Waals surface area contributed by atoms with Crippen LogP contribution in [0.3, 0.4) is 0 Å². The van der Waals surface area contributed by atoms with Crippen molar-refractivity contribution in [1.82, 2.24) is 0 Å². The normalized spacial score (nSPS) is 10.3. The Balaban J connectivity index is 2.41. The lowest BCUT2D eigenvalue weighted by Crippen LogP contribution is -2.12. The molecule has 19 heavy (non-hydrogen) atoms. The van der Waals surface area contributed by atoms with Gasteiger partial charge in [-0.05, 0) is 36.2 Å². The first kappa shape index (κ1) is 13.4. The third kappa shape index (κ3) is 2.71. The summed E-state index contributed by atoms with van der Waals surface area (Å²) in [5.41, 5.74) is 4.17. The van der Waals surface area contributed by atoms with Crippen molar-refractivity contribution in [2.24, 2.45) is 0 Å². The number of para-hydroxylation sites is 2. The predicted molar refractivity (Wildman–Crippen MR) is 78.2 cm³/mol. The van der Waals surface area contributed by atoms with Gasteiger partial charge in [-0.1, -0.05) is 24.3 Å². The molecule has 0 radical (unpaired) electrons. The Hall–Kier alpha value is -2.00. The predicted octanol–water partition coefficient (Wildman–Crippen LogP) is 3.26. The molecule has 0 bridgehead atoms. The van der Waals surface area contributed by atoms with Gasteiger partial charge in [-0.2, -0.15) is 0 Å². The van der Waals surface area contributed by atoms with Gasteiger partial charge in [0.05, 0.1) is 19.4 Å². The third-order valence-electron chi connectivity index (χ3n) is 3.25. The number of nitrogens with zero attached hydrogens (tertiary/aromatic N) is 1. The van der Waals surface area contributed by atoms with Gasteiger partial charge in [0.1, 0.15) is 5.75 Å². The van der Waals surface area contributed by atoms with Crippen molar-refractivity contribution in [3.8, 4) is 5.75 Å². The maximum absolute atomic E-state index is 9.16. The van der Waals surface area contributed by atoms with Gasteiger partial charge in [-0.25, -0.2) is 0 Å². The van der Waals surface area contributed by atoms with Crippen molar-refractivity contribution in [3.63, 3.8) is 0 Å². The molecule has 2 aromatic carbocycles. The van der Waals surface area contributed by atoms with Crippen LogP contribution in [0.15, 0.2) is 42.5 Å². The van der Waals surface area contributed by atoms with Gasteiger partial charge >= 0.3 is 0 Å². The first-order valence-electron chi connectivity index (χ1n) is 6.24. The van der Waals surface area contributed by atoms with E-state index in [0.29, 0.717) is 0 Å². The van der Waals surface area contributed by atoms with Crippen molar-refractivity contribution in [3.05, 3.63) is 53.6 Å². The quantitative estimate of drug-likeness (QED) is 0.912. The molecular formula is C16H19NO2. The van der Waals surface area contributed by atoms with Crippen molar-refractivity contribution in [2.75, 3.05) is 19.1 Å². The van der Waals surface area contributed by atoms with E-state index in [0.717, 1.165) is 28.3 Å².